The van der Waals surface area contributed by atoms with Crippen LogP contribution < -0.4 is 0 Å². The first-order valence-corrected chi connectivity index (χ1v) is 7.78. The second-order valence-electron chi connectivity index (χ2n) is 4.11. The Morgan fingerprint density at radius 2 is 1.07 bits per heavy atom. The molecule has 0 aromatic carbocycles. The number of hydrogen-bond donors (Lipinski definition) is 0. The molecule has 0 rings (SSSR count). The molecule has 15 heavy (non-hydrogen) atoms. The number of unbranched alkanes of at least 4 members (excludes halogenated alkanes) is 8. The summed E-state index contributed by atoms with van der Waals surface area (Å²) in [5, 5.41) is 0. The number of alkyl halides is 2. The fourth-order valence-electron chi connectivity index (χ4n) is 1.66. The lowest BCUT2D eigenvalue weighted by molar-refractivity contribution is 0.561. The molecule has 0 unspecified atom stereocenters. The summed E-state index contributed by atoms with van der Waals surface area (Å²) >= 11 is 11.3. The van der Waals surface area contributed by atoms with Crippen LogP contribution in [0.5, 0.6) is 0 Å². The third kappa shape index (κ3) is 14.8. The van der Waals surface area contributed by atoms with Crippen LogP contribution in [0.2, 0.25) is 6.04 Å². The topological polar surface area (TPSA) is 0 Å². The molecule has 0 bridgehead atoms. The van der Waals surface area contributed by atoms with Gasteiger partial charge in [-0.25, -0.2) is 0 Å². The maximum atomic E-state index is 5.65. The molecule has 0 saturated carbocycles. The second kappa shape index (κ2) is 12.9. The molecule has 0 aliphatic heterocycles. The number of halogens is 2. The molecule has 0 aliphatic rings. The third-order valence-electron chi connectivity index (χ3n) is 2.60. The molecule has 0 aromatic rings. The van der Waals surface area contributed by atoms with Crippen molar-refractivity contribution >= 4 is 33.4 Å². The third-order valence-corrected chi connectivity index (χ3v) is 3.39. The van der Waals surface area contributed by atoms with E-state index >= 15 is 0 Å². The normalized spacial score (nSPS) is 11.2. The molecule has 0 fully saturated rings. The smallest absolute Gasteiger partial charge is 0.105 e. The van der Waals surface area contributed by atoms with Gasteiger partial charge >= 0.3 is 0 Å². The summed E-state index contributed by atoms with van der Waals surface area (Å²) in [5.41, 5.74) is 0. The largest absolute Gasteiger partial charge is 0.107 e. The van der Waals surface area contributed by atoms with Crippen molar-refractivity contribution in [2.75, 3.05) is 0 Å². The minimum Gasteiger partial charge on any atom is -0.105 e. The Morgan fingerprint density at radius 3 is 1.47 bits per heavy atom. The molecule has 0 aliphatic carbocycles. The van der Waals surface area contributed by atoms with Crippen LogP contribution >= 0.6 is 23.2 Å². The zero-order chi connectivity index (χ0) is 11.4. The summed E-state index contributed by atoms with van der Waals surface area (Å²) in [7, 11) is 3.49. The zero-order valence-electron chi connectivity index (χ0n) is 9.61. The molecule has 0 amide bonds. The second-order valence-corrected chi connectivity index (χ2v) is 5.89. The predicted molar refractivity (Wildman–Crippen MR) is 72.2 cm³/mol. The van der Waals surface area contributed by atoms with Crippen molar-refractivity contribution < 1.29 is 0 Å². The van der Waals surface area contributed by atoms with Crippen molar-refractivity contribution in [2.45, 2.75) is 75.1 Å². The lowest BCUT2D eigenvalue weighted by Gasteiger charge is -2.02. The highest BCUT2D eigenvalue weighted by Crippen LogP contribution is 2.15. The molecule has 3 heteroatoms. The van der Waals surface area contributed by atoms with Crippen LogP contribution in [0.3, 0.4) is 0 Å². The first-order valence-electron chi connectivity index (χ1n) is 6.20. The Kier molecular flexibility index (Phi) is 13.5. The van der Waals surface area contributed by atoms with E-state index in [1.807, 2.05) is 0 Å². The molecular formula is C12H23Cl2Si. The first-order chi connectivity index (χ1) is 7.27. The Hall–Kier alpha value is 0.797. The molecule has 0 saturated heterocycles. The van der Waals surface area contributed by atoms with E-state index in [0.29, 0.717) is 0 Å². The monoisotopic (exact) mass is 265 g/mol. The maximum Gasteiger partial charge on any atom is 0.107 e. The van der Waals surface area contributed by atoms with Crippen LogP contribution in [0.1, 0.15) is 64.2 Å². The van der Waals surface area contributed by atoms with E-state index in [0.717, 1.165) is 12.5 Å². The fourth-order valence-corrected chi connectivity index (χ4v) is 2.22. The average molecular weight is 266 g/mol. The van der Waals surface area contributed by atoms with E-state index in [9.17, 15) is 0 Å². The maximum absolute atomic E-state index is 5.65. The highest BCUT2D eigenvalue weighted by Gasteiger charge is 1.97. The van der Waals surface area contributed by atoms with Crippen molar-refractivity contribution in [2.24, 2.45) is 0 Å². The van der Waals surface area contributed by atoms with E-state index in [-0.39, 0.29) is 4.84 Å². The van der Waals surface area contributed by atoms with Gasteiger partial charge in [-0.05, 0) is 6.42 Å². The fraction of sp³-hybridized carbons (Fsp3) is 1.00. The van der Waals surface area contributed by atoms with E-state index < -0.39 is 0 Å². The summed E-state index contributed by atoms with van der Waals surface area (Å²) in [6.07, 6.45) is 13.0. The van der Waals surface area contributed by atoms with Gasteiger partial charge in [0.25, 0.3) is 0 Å². The van der Waals surface area contributed by atoms with Gasteiger partial charge in [-0.1, -0.05) is 63.8 Å². The quantitative estimate of drug-likeness (QED) is 0.271. The van der Waals surface area contributed by atoms with Crippen LogP contribution in [0.25, 0.3) is 0 Å². The van der Waals surface area contributed by atoms with Crippen molar-refractivity contribution in [1.82, 2.24) is 0 Å². The van der Waals surface area contributed by atoms with E-state index in [1.54, 1.807) is 0 Å². The standard InChI is InChI=1S/C12H23Cl2Si/c13-12(14)10-8-6-4-2-1-3-5-7-9-11-15/h12H,1-11H2. The molecule has 3 radical (unpaired) electrons. The van der Waals surface area contributed by atoms with Gasteiger partial charge in [0.15, 0.2) is 0 Å². The van der Waals surface area contributed by atoms with Crippen molar-refractivity contribution in [3.8, 4) is 0 Å². The SMILES string of the molecule is [Si]CCCCCCCCCCCC(Cl)Cl. The first kappa shape index (κ1) is 15.8. The summed E-state index contributed by atoms with van der Waals surface area (Å²) in [5.74, 6) is 0. The molecule has 0 spiro atoms. The molecule has 89 valence electrons. The van der Waals surface area contributed by atoms with Crippen LogP contribution in [-0.4, -0.2) is 15.1 Å². The summed E-state index contributed by atoms with van der Waals surface area (Å²) < 4.78 is 0. The molecular weight excluding hydrogens is 243 g/mol. The lowest BCUT2D eigenvalue weighted by Crippen LogP contribution is -1.87. The van der Waals surface area contributed by atoms with Gasteiger partial charge in [0.1, 0.15) is 4.84 Å². The highest BCUT2D eigenvalue weighted by atomic mass is 35.5. The minimum atomic E-state index is -0.158. The lowest BCUT2D eigenvalue weighted by atomic mass is 10.1. The van der Waals surface area contributed by atoms with Gasteiger partial charge in [-0.3, -0.25) is 0 Å². The number of hydrogen-bond acceptors (Lipinski definition) is 0. The van der Waals surface area contributed by atoms with Gasteiger partial charge in [-0.2, -0.15) is 0 Å². The van der Waals surface area contributed by atoms with Gasteiger partial charge in [-0.15, -0.1) is 23.2 Å². The van der Waals surface area contributed by atoms with Crippen molar-refractivity contribution in [1.29, 1.82) is 0 Å². The van der Waals surface area contributed by atoms with Crippen LogP contribution in [0.15, 0.2) is 0 Å². The average Bonchev–Trinajstić information content (AvgIpc) is 2.20. The molecule has 0 nitrogen and oxygen atoms in total. The molecule has 0 atom stereocenters. The van der Waals surface area contributed by atoms with Gasteiger partial charge < -0.3 is 0 Å². The van der Waals surface area contributed by atoms with E-state index in [2.05, 4.69) is 10.2 Å². The van der Waals surface area contributed by atoms with Crippen LogP contribution in [0.4, 0.5) is 0 Å². The van der Waals surface area contributed by atoms with Crippen LogP contribution in [0, 0.1) is 0 Å². The molecule has 0 heterocycles. The van der Waals surface area contributed by atoms with E-state index in [1.165, 1.54) is 57.8 Å². The Balaban J connectivity index is 2.87. The Bertz CT molecular complexity index is 118. The van der Waals surface area contributed by atoms with Crippen molar-refractivity contribution in [3.05, 3.63) is 0 Å². The van der Waals surface area contributed by atoms with Crippen LogP contribution in [-0.2, 0) is 0 Å². The van der Waals surface area contributed by atoms with Crippen molar-refractivity contribution in [3.63, 3.8) is 0 Å². The summed E-state index contributed by atoms with van der Waals surface area (Å²) in [6.45, 7) is 0. The Morgan fingerprint density at radius 1 is 0.667 bits per heavy atom. The predicted octanol–water partition coefficient (Wildman–Crippen LogP) is 5.28. The van der Waals surface area contributed by atoms with Gasteiger partial charge in [0.2, 0.25) is 0 Å². The van der Waals surface area contributed by atoms with Gasteiger partial charge in [0, 0.05) is 10.2 Å². The highest BCUT2D eigenvalue weighted by molar-refractivity contribution is 6.44. The summed E-state index contributed by atoms with van der Waals surface area (Å²) in [4.78, 5) is -0.158. The number of rotatable bonds is 11. The molecule has 0 aromatic heterocycles. The molecule has 0 N–H and O–H groups in total. The minimum absolute atomic E-state index is 0.158. The Labute approximate surface area is 109 Å². The summed E-state index contributed by atoms with van der Waals surface area (Å²) in [6, 6.07) is 1.15. The van der Waals surface area contributed by atoms with E-state index in [4.69, 9.17) is 23.2 Å². The zero-order valence-corrected chi connectivity index (χ0v) is 12.1. The van der Waals surface area contributed by atoms with Gasteiger partial charge in [0.05, 0.1) is 0 Å².